The highest BCUT2D eigenvalue weighted by molar-refractivity contribution is 5.31. The third kappa shape index (κ3) is 5.65. The van der Waals surface area contributed by atoms with E-state index in [2.05, 4.69) is 5.10 Å². The van der Waals surface area contributed by atoms with E-state index in [1.807, 2.05) is 0 Å². The Morgan fingerprint density at radius 3 is 2.48 bits per heavy atom. The van der Waals surface area contributed by atoms with Gasteiger partial charge in [0.25, 0.3) is 0 Å². The van der Waals surface area contributed by atoms with E-state index < -0.39 is 12.7 Å². The molecule has 1 aromatic carbocycles. The molecule has 2 rings (SSSR count). The van der Waals surface area contributed by atoms with E-state index in [-0.39, 0.29) is 31.9 Å². The van der Waals surface area contributed by atoms with Crippen LogP contribution in [0, 0.1) is 5.82 Å². The van der Waals surface area contributed by atoms with Crippen LogP contribution in [0.2, 0.25) is 0 Å². The van der Waals surface area contributed by atoms with Gasteiger partial charge in [0.15, 0.2) is 0 Å². The Morgan fingerprint density at radius 1 is 1.17 bits per heavy atom. The second-order valence-corrected chi connectivity index (χ2v) is 5.17. The molecule has 0 unspecified atom stereocenters. The van der Waals surface area contributed by atoms with Gasteiger partial charge in [-0.3, -0.25) is 4.90 Å². The highest BCUT2D eigenvalue weighted by atomic mass is 19.4. The number of aliphatic hydroxyl groups excluding tert-OH is 1. The molecule has 0 atom stereocenters. The van der Waals surface area contributed by atoms with Gasteiger partial charge in [-0.25, -0.2) is 9.07 Å². The van der Waals surface area contributed by atoms with Crippen molar-refractivity contribution in [3.63, 3.8) is 0 Å². The highest BCUT2D eigenvalue weighted by Crippen LogP contribution is 2.19. The van der Waals surface area contributed by atoms with Gasteiger partial charge in [0.2, 0.25) is 0 Å². The van der Waals surface area contributed by atoms with Crippen LogP contribution in [0.5, 0.6) is 0 Å². The van der Waals surface area contributed by atoms with E-state index in [4.69, 9.17) is 5.11 Å². The summed E-state index contributed by atoms with van der Waals surface area (Å²) in [5, 5.41) is 12.9. The zero-order valence-electron chi connectivity index (χ0n) is 12.3. The first-order chi connectivity index (χ1) is 10.9. The van der Waals surface area contributed by atoms with Crippen LogP contribution in [0.4, 0.5) is 17.6 Å². The summed E-state index contributed by atoms with van der Waals surface area (Å²) >= 11 is 0. The number of hydrogen-bond acceptors (Lipinski definition) is 3. The van der Waals surface area contributed by atoms with Crippen LogP contribution < -0.4 is 0 Å². The Morgan fingerprint density at radius 2 is 1.87 bits per heavy atom. The lowest BCUT2D eigenvalue weighted by molar-refractivity contribution is -0.147. The van der Waals surface area contributed by atoms with E-state index in [0.717, 1.165) is 0 Å². The van der Waals surface area contributed by atoms with E-state index in [0.29, 0.717) is 11.3 Å². The fraction of sp³-hybridized carbons (Fsp3) is 0.400. The van der Waals surface area contributed by atoms with Crippen LogP contribution in [0.25, 0.3) is 5.69 Å². The van der Waals surface area contributed by atoms with Crippen LogP contribution in [-0.2, 0) is 6.54 Å². The number of aromatic nitrogens is 2. The summed E-state index contributed by atoms with van der Waals surface area (Å²) in [4.78, 5) is 1.21. The van der Waals surface area contributed by atoms with Gasteiger partial charge in [0, 0.05) is 31.5 Å². The second-order valence-electron chi connectivity index (χ2n) is 5.17. The fourth-order valence-electron chi connectivity index (χ4n) is 2.20. The van der Waals surface area contributed by atoms with Crippen molar-refractivity contribution in [3.8, 4) is 5.69 Å². The van der Waals surface area contributed by atoms with Crippen molar-refractivity contribution in [3.05, 3.63) is 48.0 Å². The van der Waals surface area contributed by atoms with Crippen LogP contribution in [0.1, 0.15) is 12.0 Å². The lowest BCUT2D eigenvalue weighted by Crippen LogP contribution is -2.34. The molecule has 126 valence electrons. The molecule has 0 spiro atoms. The predicted octanol–water partition coefficient (Wildman–Crippen LogP) is 2.76. The molecule has 0 aliphatic carbocycles. The summed E-state index contributed by atoms with van der Waals surface area (Å²) in [6.45, 7) is -1.00. The lowest BCUT2D eigenvalue weighted by atomic mass is 10.3. The van der Waals surface area contributed by atoms with Crippen molar-refractivity contribution in [2.45, 2.75) is 19.1 Å². The maximum Gasteiger partial charge on any atom is 0.401 e. The van der Waals surface area contributed by atoms with Crippen LogP contribution in [0.3, 0.4) is 0 Å². The third-order valence-corrected chi connectivity index (χ3v) is 3.17. The van der Waals surface area contributed by atoms with Gasteiger partial charge in [-0.15, -0.1) is 0 Å². The van der Waals surface area contributed by atoms with Crippen molar-refractivity contribution in [1.82, 2.24) is 14.7 Å². The Labute approximate surface area is 131 Å². The molecule has 0 bridgehead atoms. The topological polar surface area (TPSA) is 41.3 Å². The molecule has 2 aromatic rings. The van der Waals surface area contributed by atoms with Crippen LogP contribution in [-0.4, -0.2) is 45.7 Å². The van der Waals surface area contributed by atoms with Gasteiger partial charge in [0.05, 0.1) is 18.4 Å². The Kier molecular flexibility index (Phi) is 5.73. The van der Waals surface area contributed by atoms with Crippen molar-refractivity contribution in [2.75, 3.05) is 19.7 Å². The summed E-state index contributed by atoms with van der Waals surface area (Å²) in [7, 11) is 0. The summed E-state index contributed by atoms with van der Waals surface area (Å²) in [5.41, 5.74) is 1.23. The molecule has 0 radical (unpaired) electrons. The maximum atomic E-state index is 12.9. The molecule has 0 aliphatic heterocycles. The minimum atomic E-state index is -4.30. The number of hydrogen-bond donors (Lipinski definition) is 1. The monoisotopic (exact) mass is 331 g/mol. The molecule has 0 saturated heterocycles. The molecule has 0 fully saturated rings. The Bertz CT molecular complexity index is 610. The van der Waals surface area contributed by atoms with Gasteiger partial charge in [0.1, 0.15) is 5.82 Å². The molecule has 0 aliphatic rings. The summed E-state index contributed by atoms with van der Waals surface area (Å²) in [6, 6.07) is 5.64. The molecule has 1 aromatic heterocycles. The normalized spacial score (nSPS) is 12.1. The van der Waals surface area contributed by atoms with Gasteiger partial charge in [-0.1, -0.05) is 0 Å². The standard InChI is InChI=1S/C15H17F4N3O/c16-13-2-4-14(5-3-13)22-10-12(8-20-22)9-21(6-1-7-23)11-15(17,18)19/h2-5,8,10,23H,1,6-7,9,11H2. The third-order valence-electron chi connectivity index (χ3n) is 3.17. The molecule has 0 amide bonds. The van der Waals surface area contributed by atoms with Crippen molar-refractivity contribution in [2.24, 2.45) is 0 Å². The van der Waals surface area contributed by atoms with E-state index in [1.165, 1.54) is 40.0 Å². The first-order valence-electron chi connectivity index (χ1n) is 7.07. The number of rotatable bonds is 7. The minimum absolute atomic E-state index is 0.0701. The van der Waals surface area contributed by atoms with Crippen molar-refractivity contribution in [1.29, 1.82) is 0 Å². The van der Waals surface area contributed by atoms with Crippen molar-refractivity contribution >= 4 is 0 Å². The van der Waals surface area contributed by atoms with Gasteiger partial charge in [-0.2, -0.15) is 18.3 Å². The van der Waals surface area contributed by atoms with E-state index in [1.54, 1.807) is 6.20 Å². The molecule has 23 heavy (non-hydrogen) atoms. The SMILES string of the molecule is OCCCN(Cc1cnn(-c2ccc(F)cc2)c1)CC(F)(F)F. The number of benzene rings is 1. The molecule has 8 heteroatoms. The molecule has 1 N–H and O–H groups in total. The summed E-state index contributed by atoms with van der Waals surface area (Å²) in [5.74, 6) is -0.374. The number of halogens is 4. The van der Waals surface area contributed by atoms with Crippen LogP contribution >= 0.6 is 0 Å². The molecule has 1 heterocycles. The second kappa shape index (κ2) is 7.56. The lowest BCUT2D eigenvalue weighted by Gasteiger charge is -2.22. The van der Waals surface area contributed by atoms with Gasteiger partial charge < -0.3 is 5.11 Å². The largest absolute Gasteiger partial charge is 0.401 e. The van der Waals surface area contributed by atoms with Gasteiger partial charge >= 0.3 is 6.18 Å². The molecular formula is C15H17F4N3O. The summed E-state index contributed by atoms with van der Waals surface area (Å²) in [6.07, 6.45) is -0.953. The number of alkyl halides is 3. The maximum absolute atomic E-state index is 12.9. The zero-order valence-corrected chi connectivity index (χ0v) is 12.3. The number of nitrogens with zero attached hydrogens (tertiary/aromatic N) is 3. The van der Waals surface area contributed by atoms with E-state index in [9.17, 15) is 17.6 Å². The predicted molar refractivity (Wildman–Crippen MR) is 76.6 cm³/mol. The first-order valence-corrected chi connectivity index (χ1v) is 7.07. The molecule has 0 saturated carbocycles. The van der Waals surface area contributed by atoms with E-state index >= 15 is 0 Å². The fourth-order valence-corrected chi connectivity index (χ4v) is 2.20. The zero-order chi connectivity index (χ0) is 16.9. The Balaban J connectivity index is 2.06. The minimum Gasteiger partial charge on any atom is -0.396 e. The molecule has 4 nitrogen and oxygen atoms in total. The Hall–Kier alpha value is -1.93. The average Bonchev–Trinajstić information content (AvgIpc) is 2.92. The smallest absolute Gasteiger partial charge is 0.396 e. The summed E-state index contributed by atoms with van der Waals surface area (Å²) < 4.78 is 52.1. The van der Waals surface area contributed by atoms with Gasteiger partial charge in [-0.05, 0) is 30.7 Å². The quantitative estimate of drug-likeness (QED) is 0.793. The average molecular weight is 331 g/mol. The first kappa shape index (κ1) is 17.4. The van der Waals surface area contributed by atoms with Crippen molar-refractivity contribution < 1.29 is 22.7 Å². The highest BCUT2D eigenvalue weighted by Gasteiger charge is 2.30. The number of aliphatic hydroxyl groups is 1. The van der Waals surface area contributed by atoms with Crippen LogP contribution in [0.15, 0.2) is 36.7 Å². The molecular weight excluding hydrogens is 314 g/mol.